The molecule has 1 aliphatic heterocycles. The number of nitrogens with zero attached hydrogens (tertiary/aromatic N) is 4. The Morgan fingerprint density at radius 2 is 1.34 bits per heavy atom. The standard InChI is InChI=1S/C26H44N4O5/c1-5-27-10-11-28(18-24(32)33)12-13-29(19-25(34)35)14-15-30(20-31)23(17-27)16-21-6-8-22(9-7-21)26(2,3)4/h6-9,23,31H,5,10-20H2,1-4H3,(H,32,33)(H,34,35). The molecule has 0 amide bonds. The van der Waals surface area contributed by atoms with Crippen LogP contribution in [0, 0.1) is 0 Å². The first-order valence-corrected chi connectivity index (χ1v) is 12.6. The highest BCUT2D eigenvalue weighted by Gasteiger charge is 2.25. The van der Waals surface area contributed by atoms with E-state index in [-0.39, 0.29) is 31.3 Å². The molecule has 198 valence electrons. The van der Waals surface area contributed by atoms with Crippen molar-refractivity contribution in [1.29, 1.82) is 0 Å². The molecule has 1 fully saturated rings. The van der Waals surface area contributed by atoms with Crippen LogP contribution in [0.1, 0.15) is 38.8 Å². The quantitative estimate of drug-likeness (QED) is 0.494. The van der Waals surface area contributed by atoms with Gasteiger partial charge < -0.3 is 20.2 Å². The Morgan fingerprint density at radius 3 is 1.77 bits per heavy atom. The van der Waals surface area contributed by atoms with Gasteiger partial charge >= 0.3 is 11.9 Å². The number of carboxylic acid groups (broad SMARTS) is 2. The third kappa shape index (κ3) is 10.2. The van der Waals surface area contributed by atoms with E-state index in [1.165, 1.54) is 11.1 Å². The van der Waals surface area contributed by atoms with Gasteiger partial charge in [-0.1, -0.05) is 52.0 Å². The summed E-state index contributed by atoms with van der Waals surface area (Å²) >= 11 is 0. The number of hydrogen-bond acceptors (Lipinski definition) is 7. The zero-order chi connectivity index (χ0) is 26.0. The van der Waals surface area contributed by atoms with E-state index in [2.05, 4.69) is 56.9 Å². The number of rotatable bonds is 8. The number of aliphatic carboxylic acids is 2. The van der Waals surface area contributed by atoms with E-state index in [0.29, 0.717) is 39.3 Å². The van der Waals surface area contributed by atoms with Crippen molar-refractivity contribution in [2.75, 3.05) is 72.2 Å². The minimum Gasteiger partial charge on any atom is -0.480 e. The van der Waals surface area contributed by atoms with Crippen LogP contribution in [0.2, 0.25) is 0 Å². The molecule has 1 aromatic carbocycles. The van der Waals surface area contributed by atoms with Crippen molar-refractivity contribution in [3.63, 3.8) is 0 Å². The van der Waals surface area contributed by atoms with Gasteiger partial charge in [-0.25, -0.2) is 0 Å². The second kappa shape index (κ2) is 13.9. The molecule has 0 radical (unpaired) electrons. The van der Waals surface area contributed by atoms with Crippen molar-refractivity contribution in [2.24, 2.45) is 0 Å². The second-order valence-electron chi connectivity index (χ2n) is 10.5. The molecule has 9 nitrogen and oxygen atoms in total. The largest absolute Gasteiger partial charge is 0.480 e. The number of carboxylic acids is 2. The number of aliphatic hydroxyl groups excluding tert-OH is 1. The molecule has 0 bridgehead atoms. The number of aliphatic hydroxyl groups is 1. The first-order valence-electron chi connectivity index (χ1n) is 12.6. The van der Waals surface area contributed by atoms with E-state index in [0.717, 1.165) is 19.5 Å². The van der Waals surface area contributed by atoms with Gasteiger partial charge in [-0.2, -0.15) is 0 Å². The Labute approximate surface area is 209 Å². The van der Waals surface area contributed by atoms with E-state index < -0.39 is 11.9 Å². The van der Waals surface area contributed by atoms with Crippen molar-refractivity contribution in [3.05, 3.63) is 35.4 Å². The van der Waals surface area contributed by atoms with Gasteiger partial charge in [-0.05, 0) is 29.5 Å². The molecule has 1 aliphatic rings. The molecule has 1 atom stereocenters. The van der Waals surface area contributed by atoms with Gasteiger partial charge in [-0.15, -0.1) is 0 Å². The van der Waals surface area contributed by atoms with Crippen molar-refractivity contribution in [3.8, 4) is 0 Å². The fourth-order valence-electron chi connectivity index (χ4n) is 4.53. The van der Waals surface area contributed by atoms with Gasteiger partial charge in [0.15, 0.2) is 0 Å². The number of hydrogen-bond donors (Lipinski definition) is 3. The Balaban J connectivity index is 2.26. The zero-order valence-electron chi connectivity index (χ0n) is 21.8. The third-order valence-corrected chi connectivity index (χ3v) is 6.79. The number of likely N-dealkylation sites (N-methyl/N-ethyl adjacent to an activating group) is 1. The monoisotopic (exact) mass is 492 g/mol. The van der Waals surface area contributed by atoms with Gasteiger partial charge in [0.2, 0.25) is 0 Å². The van der Waals surface area contributed by atoms with Crippen LogP contribution in [-0.2, 0) is 21.4 Å². The molecule has 1 unspecified atom stereocenters. The van der Waals surface area contributed by atoms with E-state index >= 15 is 0 Å². The lowest BCUT2D eigenvalue weighted by Crippen LogP contribution is -2.52. The zero-order valence-corrected chi connectivity index (χ0v) is 21.8. The first-order chi connectivity index (χ1) is 16.5. The summed E-state index contributed by atoms with van der Waals surface area (Å²) in [6.07, 6.45) is 0.763. The summed E-state index contributed by atoms with van der Waals surface area (Å²) in [7, 11) is 0. The van der Waals surface area contributed by atoms with Crippen LogP contribution in [0.25, 0.3) is 0 Å². The Morgan fingerprint density at radius 1 is 0.857 bits per heavy atom. The van der Waals surface area contributed by atoms with Crippen molar-refractivity contribution < 1.29 is 24.9 Å². The van der Waals surface area contributed by atoms with Crippen LogP contribution < -0.4 is 0 Å². The van der Waals surface area contributed by atoms with Crippen molar-refractivity contribution >= 4 is 11.9 Å². The highest BCUT2D eigenvalue weighted by Crippen LogP contribution is 2.23. The maximum atomic E-state index is 11.4. The molecule has 0 saturated carbocycles. The Kier molecular flexibility index (Phi) is 11.6. The molecule has 9 heteroatoms. The average Bonchev–Trinajstić information content (AvgIpc) is 2.77. The Hall–Kier alpha value is -2.04. The van der Waals surface area contributed by atoms with Crippen molar-refractivity contribution in [2.45, 2.75) is 45.6 Å². The molecule has 0 spiro atoms. The maximum absolute atomic E-state index is 11.4. The average molecular weight is 493 g/mol. The fraction of sp³-hybridized carbons (Fsp3) is 0.692. The van der Waals surface area contributed by atoms with E-state index in [9.17, 15) is 24.9 Å². The van der Waals surface area contributed by atoms with E-state index in [1.54, 1.807) is 0 Å². The first kappa shape index (κ1) is 29.2. The molecule has 0 aromatic heterocycles. The molecule has 2 rings (SSSR count). The molecule has 1 aromatic rings. The fourth-order valence-corrected chi connectivity index (χ4v) is 4.53. The lowest BCUT2D eigenvalue weighted by atomic mass is 9.86. The molecule has 3 N–H and O–H groups in total. The van der Waals surface area contributed by atoms with Crippen LogP contribution in [-0.4, -0.2) is 125 Å². The van der Waals surface area contributed by atoms with E-state index in [4.69, 9.17) is 0 Å². The third-order valence-electron chi connectivity index (χ3n) is 6.79. The topological polar surface area (TPSA) is 108 Å². The SMILES string of the molecule is CCN1CCN(CC(=O)O)CCN(CC(=O)O)CCN(CO)C(Cc2ccc(C(C)(C)C)cc2)C1. The van der Waals surface area contributed by atoms with Gasteiger partial charge in [0, 0.05) is 51.9 Å². The van der Waals surface area contributed by atoms with Crippen LogP contribution in [0.5, 0.6) is 0 Å². The molecule has 1 heterocycles. The highest BCUT2D eigenvalue weighted by molar-refractivity contribution is 5.69. The van der Waals surface area contributed by atoms with Crippen molar-refractivity contribution in [1.82, 2.24) is 19.6 Å². The summed E-state index contributed by atoms with van der Waals surface area (Å²) in [6.45, 7) is 13.2. The smallest absolute Gasteiger partial charge is 0.317 e. The van der Waals surface area contributed by atoms with Gasteiger partial charge in [0.25, 0.3) is 0 Å². The molecule has 35 heavy (non-hydrogen) atoms. The number of benzene rings is 1. The minimum absolute atomic E-state index is 0.0412. The second-order valence-corrected chi connectivity index (χ2v) is 10.5. The van der Waals surface area contributed by atoms with Crippen LogP contribution in [0.15, 0.2) is 24.3 Å². The summed E-state index contributed by atoms with van der Waals surface area (Å²) in [4.78, 5) is 30.8. The summed E-state index contributed by atoms with van der Waals surface area (Å²) in [5, 5.41) is 29.0. The van der Waals surface area contributed by atoms with Crippen LogP contribution >= 0.6 is 0 Å². The van der Waals surface area contributed by atoms with Crippen LogP contribution in [0.3, 0.4) is 0 Å². The van der Waals surface area contributed by atoms with Gasteiger partial charge in [0.1, 0.15) is 0 Å². The normalized spacial score (nSPS) is 20.8. The van der Waals surface area contributed by atoms with Gasteiger partial charge in [0.05, 0.1) is 19.8 Å². The van der Waals surface area contributed by atoms with Crippen LogP contribution in [0.4, 0.5) is 0 Å². The molecule has 1 saturated heterocycles. The minimum atomic E-state index is -0.912. The summed E-state index contributed by atoms with van der Waals surface area (Å²) in [5.41, 5.74) is 2.55. The number of carbonyl (C=O) groups is 2. The Bertz CT molecular complexity index is 796. The molecular weight excluding hydrogens is 448 g/mol. The maximum Gasteiger partial charge on any atom is 0.317 e. The predicted octanol–water partition coefficient (Wildman–Crippen LogP) is 1.26. The van der Waals surface area contributed by atoms with Gasteiger partial charge in [-0.3, -0.25) is 24.3 Å². The lowest BCUT2D eigenvalue weighted by molar-refractivity contribution is -0.140. The summed E-state index contributed by atoms with van der Waals surface area (Å²) in [6, 6.07) is 8.70. The molecular formula is C26H44N4O5. The lowest BCUT2D eigenvalue weighted by Gasteiger charge is -2.37. The predicted molar refractivity (Wildman–Crippen MR) is 137 cm³/mol. The van der Waals surface area contributed by atoms with E-state index in [1.807, 2.05) is 14.7 Å². The highest BCUT2D eigenvalue weighted by atomic mass is 16.4. The molecule has 0 aliphatic carbocycles. The summed E-state index contributed by atoms with van der Waals surface area (Å²) < 4.78 is 0. The summed E-state index contributed by atoms with van der Waals surface area (Å²) in [5.74, 6) is -1.79.